The Morgan fingerprint density at radius 1 is 1.23 bits per heavy atom. The molecule has 0 aliphatic heterocycles. The molecule has 0 atom stereocenters. The van der Waals surface area contributed by atoms with Crippen LogP contribution in [0, 0.1) is 18.7 Å². The van der Waals surface area contributed by atoms with E-state index in [1.54, 1.807) is 14.0 Å². The summed E-state index contributed by atoms with van der Waals surface area (Å²) >= 11 is 0. The smallest absolute Gasteiger partial charge is 0.306 e. The van der Waals surface area contributed by atoms with Crippen LogP contribution in [0.2, 0.25) is 0 Å². The molecule has 184 valence electrons. The fraction of sp³-hybridized carbons (Fsp3) is 0.429. The van der Waals surface area contributed by atoms with Crippen molar-refractivity contribution < 1.29 is 19.0 Å². The van der Waals surface area contributed by atoms with E-state index < -0.39 is 5.97 Å². The van der Waals surface area contributed by atoms with E-state index in [-0.39, 0.29) is 23.1 Å². The Balaban J connectivity index is 1.83. The van der Waals surface area contributed by atoms with Gasteiger partial charge in [-0.15, -0.1) is 0 Å². The molecule has 2 heterocycles. The molecule has 0 radical (unpaired) electrons. The predicted octanol–water partition coefficient (Wildman–Crippen LogP) is 6.24. The zero-order valence-electron chi connectivity index (χ0n) is 20.7. The highest BCUT2D eigenvalue weighted by atomic mass is 19.1. The Labute approximate surface area is 204 Å². The van der Waals surface area contributed by atoms with Crippen LogP contribution in [-0.4, -0.2) is 39.6 Å². The van der Waals surface area contributed by atoms with Crippen LogP contribution >= 0.6 is 0 Å². The van der Waals surface area contributed by atoms with Crippen LogP contribution in [-0.2, 0) is 14.9 Å². The number of rotatable bonds is 6. The highest BCUT2D eigenvalue weighted by Gasteiger charge is 2.37. The largest absolute Gasteiger partial charge is 0.481 e. The van der Waals surface area contributed by atoms with Crippen LogP contribution in [0.15, 0.2) is 36.5 Å². The lowest BCUT2D eigenvalue weighted by Gasteiger charge is -2.32. The topological polar surface area (TPSA) is 80.1 Å². The summed E-state index contributed by atoms with van der Waals surface area (Å²) in [5.41, 5.74) is 5.53. The van der Waals surface area contributed by atoms with Crippen LogP contribution in [0.4, 0.5) is 4.39 Å². The van der Waals surface area contributed by atoms with Crippen molar-refractivity contribution in [2.24, 2.45) is 5.92 Å². The lowest BCUT2D eigenvalue weighted by molar-refractivity contribution is -0.142. The van der Waals surface area contributed by atoms with Crippen LogP contribution in [0.1, 0.15) is 62.3 Å². The molecule has 0 unspecified atom stereocenters. The van der Waals surface area contributed by atoms with Gasteiger partial charge in [0.25, 0.3) is 0 Å². The first kappa shape index (κ1) is 23.5. The van der Waals surface area contributed by atoms with Gasteiger partial charge in [-0.25, -0.2) is 4.39 Å². The number of hydrogen-bond acceptors (Lipinski definition) is 3. The molecule has 7 heteroatoms. The summed E-state index contributed by atoms with van der Waals surface area (Å²) in [4.78, 5) is 11.6. The van der Waals surface area contributed by atoms with Crippen LogP contribution in [0.5, 0.6) is 0 Å². The van der Waals surface area contributed by atoms with Crippen molar-refractivity contribution in [3.63, 3.8) is 0 Å². The fourth-order valence-corrected chi connectivity index (χ4v) is 5.92. The van der Waals surface area contributed by atoms with Crippen LogP contribution < -0.4 is 0 Å². The number of fused-ring (bicyclic) bond motifs is 2. The van der Waals surface area contributed by atoms with Crippen molar-refractivity contribution in [2.45, 2.75) is 57.8 Å². The Kier molecular flexibility index (Phi) is 5.91. The number of aromatic nitrogens is 3. The lowest BCUT2D eigenvalue weighted by atomic mass is 9.75. The third-order valence-corrected chi connectivity index (χ3v) is 7.60. The monoisotopic (exact) mass is 477 g/mol. The maximum Gasteiger partial charge on any atom is 0.306 e. The van der Waals surface area contributed by atoms with E-state index in [2.05, 4.69) is 40.7 Å². The van der Waals surface area contributed by atoms with Gasteiger partial charge in [0.1, 0.15) is 5.82 Å². The van der Waals surface area contributed by atoms with E-state index in [4.69, 9.17) is 4.74 Å². The second kappa shape index (κ2) is 8.79. The first-order valence-electron chi connectivity index (χ1n) is 12.2. The number of nitrogens with one attached hydrogen (secondary N) is 1. The van der Waals surface area contributed by atoms with Crippen molar-refractivity contribution in [1.29, 1.82) is 0 Å². The van der Waals surface area contributed by atoms with Crippen molar-refractivity contribution in [3.8, 4) is 5.69 Å². The molecule has 4 aromatic rings. The lowest BCUT2D eigenvalue weighted by Crippen LogP contribution is -2.29. The summed E-state index contributed by atoms with van der Waals surface area (Å²) in [6.07, 6.45) is 4.78. The number of carbonyl (C=O) groups is 1. The van der Waals surface area contributed by atoms with Gasteiger partial charge in [0, 0.05) is 34.7 Å². The molecule has 2 N–H and O–H groups in total. The average molecular weight is 478 g/mol. The number of halogens is 1. The first-order chi connectivity index (χ1) is 16.7. The summed E-state index contributed by atoms with van der Waals surface area (Å²) in [6, 6.07) is 9.56. The van der Waals surface area contributed by atoms with Gasteiger partial charge in [-0.1, -0.05) is 13.8 Å². The Morgan fingerprint density at radius 3 is 2.63 bits per heavy atom. The quantitative estimate of drug-likeness (QED) is 0.345. The molecule has 0 amide bonds. The van der Waals surface area contributed by atoms with Gasteiger partial charge in [0.15, 0.2) is 0 Å². The summed E-state index contributed by atoms with van der Waals surface area (Å²) in [6.45, 7) is 6.65. The van der Waals surface area contributed by atoms with E-state index in [0.29, 0.717) is 25.0 Å². The van der Waals surface area contributed by atoms with Crippen LogP contribution in [0.25, 0.3) is 27.5 Å². The second-order valence-electron chi connectivity index (χ2n) is 10.6. The van der Waals surface area contributed by atoms with Gasteiger partial charge in [-0.2, -0.15) is 5.10 Å². The van der Waals surface area contributed by atoms with E-state index in [1.807, 2.05) is 18.3 Å². The molecule has 1 aliphatic rings. The van der Waals surface area contributed by atoms with Crippen LogP contribution in [0.3, 0.4) is 0 Å². The molecule has 0 saturated heterocycles. The normalized spacial score (nSPS) is 19.0. The Bertz CT molecular complexity index is 1410. The number of aromatic amines is 1. The second-order valence-corrected chi connectivity index (χ2v) is 10.6. The molecule has 2 aromatic carbocycles. The van der Waals surface area contributed by atoms with Gasteiger partial charge in [-0.05, 0) is 80.0 Å². The zero-order chi connectivity index (χ0) is 24.9. The maximum atomic E-state index is 14.3. The van der Waals surface area contributed by atoms with E-state index in [9.17, 15) is 14.3 Å². The molecule has 1 saturated carbocycles. The SMILES string of the molecule is COCC(C)(C)c1c([C@H]2CC[C@H](C(=O)O)CC2)c2cc3[nH]ncc3cc2n1-c1ccc(F)c(C)c1. The molecule has 1 aliphatic carbocycles. The number of ether oxygens (including phenoxy) is 1. The molecule has 6 nitrogen and oxygen atoms in total. The number of aliphatic carboxylic acids is 1. The predicted molar refractivity (Wildman–Crippen MR) is 135 cm³/mol. The van der Waals surface area contributed by atoms with Gasteiger partial charge >= 0.3 is 5.97 Å². The fourth-order valence-electron chi connectivity index (χ4n) is 5.92. The van der Waals surface area contributed by atoms with Gasteiger partial charge in [0.2, 0.25) is 0 Å². The minimum atomic E-state index is -0.702. The Hall–Kier alpha value is -3.19. The summed E-state index contributed by atoms with van der Waals surface area (Å²) in [7, 11) is 1.71. The average Bonchev–Trinajstić information content (AvgIpc) is 3.41. The molecule has 35 heavy (non-hydrogen) atoms. The summed E-state index contributed by atoms with van der Waals surface area (Å²) in [5.74, 6) is -0.990. The Morgan fingerprint density at radius 2 is 1.97 bits per heavy atom. The van der Waals surface area contributed by atoms with Gasteiger partial charge < -0.3 is 14.4 Å². The third kappa shape index (κ3) is 4.01. The number of H-pyrrole nitrogens is 1. The number of hydrogen-bond donors (Lipinski definition) is 2. The molecule has 0 bridgehead atoms. The number of methoxy groups -OCH3 is 1. The molecule has 2 aromatic heterocycles. The van der Waals surface area contributed by atoms with Crippen molar-refractivity contribution in [2.75, 3.05) is 13.7 Å². The summed E-state index contributed by atoms with van der Waals surface area (Å²) < 4.78 is 22.2. The highest BCUT2D eigenvalue weighted by Crippen LogP contribution is 2.47. The van der Waals surface area contributed by atoms with E-state index in [1.165, 1.54) is 11.6 Å². The van der Waals surface area contributed by atoms with Gasteiger partial charge in [0.05, 0.1) is 29.8 Å². The van der Waals surface area contributed by atoms with Crippen molar-refractivity contribution >= 4 is 27.8 Å². The molecule has 0 spiro atoms. The van der Waals surface area contributed by atoms with Crippen molar-refractivity contribution in [3.05, 3.63) is 59.2 Å². The number of nitrogens with zero attached hydrogens (tertiary/aromatic N) is 2. The first-order valence-corrected chi connectivity index (χ1v) is 12.2. The van der Waals surface area contributed by atoms with Gasteiger partial charge in [-0.3, -0.25) is 9.89 Å². The number of benzene rings is 2. The molecular formula is C28H32FN3O3. The number of aryl methyl sites for hydroxylation is 1. The molecular weight excluding hydrogens is 445 g/mol. The summed E-state index contributed by atoms with van der Waals surface area (Å²) in [5, 5.41) is 19.0. The standard InChI is InChI=1S/C28H32FN3O3/c1-16-11-20(9-10-22(16)29)32-24-12-19-14-30-31-23(19)13-21(24)25(26(32)28(2,3)15-35-4)17-5-7-18(8-6-17)27(33)34/h9-14,17-18H,5-8,15H2,1-4H3,(H,30,31)(H,33,34)/t17-,18-. The minimum absolute atomic E-state index is 0.224. The molecule has 1 fully saturated rings. The number of carboxylic acids is 1. The molecule has 5 rings (SSSR count). The van der Waals surface area contributed by atoms with E-state index >= 15 is 0 Å². The van der Waals surface area contributed by atoms with E-state index in [0.717, 1.165) is 46.0 Å². The zero-order valence-corrected chi connectivity index (χ0v) is 20.7. The number of carboxylic acid groups (broad SMARTS) is 1. The highest BCUT2D eigenvalue weighted by molar-refractivity contribution is 5.99. The minimum Gasteiger partial charge on any atom is -0.481 e. The third-order valence-electron chi connectivity index (χ3n) is 7.60. The maximum absolute atomic E-state index is 14.3. The van der Waals surface area contributed by atoms with Crippen molar-refractivity contribution in [1.82, 2.24) is 14.8 Å².